The van der Waals surface area contributed by atoms with Crippen LogP contribution in [0.4, 0.5) is 22.7 Å². The van der Waals surface area contributed by atoms with Gasteiger partial charge in [0.05, 0.1) is 102 Å². The first-order chi connectivity index (χ1) is 52.8. The van der Waals surface area contributed by atoms with E-state index in [-0.39, 0.29) is 149 Å². The standard InChI is InChI=1S/C26H27N3O11.2C19H25NO6.C7H4N2O6.CH2O3.CH4O.2K.H/c1-26(2,3)40-21(30)13-19-20(39-24(32)16-10-17(28(34)35)12-18(11-16)29(36)37)14-27(22(19)25(33)38-4)23(31)15-8-6-5-7-9-15;2*1-19(2,3)26-15(22)10-13-14(21)11-20(16(13)18(24)25-4)17(23)12-8-6-5-7-9-12;10-7(11)4-1-5(8(12)13)3-6(2-4)9(14)15;2-1-4-3;1-2;;;/h5-12,19-20,22H,13-14H2,1-4H3;2*5-9,13-14,16,21H,10-11H2,1-4H3;1-3H,(H,10,11);1,3H;2H,1H3;;;/q;;;;;;2*+1;-1/p-1/t19-,20-,22-;13-,14+,16-;13-,14-,16-;;;;;;/m000....../s1. The number of β-amino-alcohol motifs (C(OH)–C–C–N with tert-alkyl or cyclic N) is 2. The van der Waals surface area contributed by atoms with Crippen LogP contribution in [-0.2, 0) is 71.6 Å². The number of hydrogen-bond acceptors (Lipinski definition) is 32. The summed E-state index contributed by atoms with van der Waals surface area (Å²) in [5, 5.41) is 88.0. The van der Waals surface area contributed by atoms with Crippen molar-refractivity contribution in [1.29, 1.82) is 0 Å². The van der Waals surface area contributed by atoms with Crippen LogP contribution in [0.5, 0.6) is 0 Å². The summed E-state index contributed by atoms with van der Waals surface area (Å²) in [5.74, 6) is -10.8. The Kier molecular flexibility index (Phi) is 43.3. The summed E-state index contributed by atoms with van der Waals surface area (Å²) in [4.78, 5) is 192. The molecule has 0 bridgehead atoms. The molecule has 9 atom stereocenters. The molecule has 3 aliphatic heterocycles. The number of non-ortho nitro benzene ring substituents is 4. The average molecular weight is 1670 g/mol. The van der Waals surface area contributed by atoms with Crippen molar-refractivity contribution in [2.24, 2.45) is 17.8 Å². The van der Waals surface area contributed by atoms with Crippen molar-refractivity contribution in [3.05, 3.63) is 196 Å². The molecule has 0 aromatic heterocycles. The normalized spacial score (nSPS) is 18.2. The Morgan fingerprint density at radius 1 is 0.443 bits per heavy atom. The third kappa shape index (κ3) is 32.2. The summed E-state index contributed by atoms with van der Waals surface area (Å²) >= 11 is 0. The van der Waals surface area contributed by atoms with E-state index in [0.29, 0.717) is 23.3 Å². The van der Waals surface area contributed by atoms with E-state index in [1.807, 2.05) is 0 Å². The van der Waals surface area contributed by atoms with Gasteiger partial charge in [0.2, 0.25) is 0 Å². The molecule has 3 saturated heterocycles. The zero-order valence-corrected chi connectivity index (χ0v) is 71.6. The Labute approximate surface area is 743 Å². The molecule has 0 unspecified atom stereocenters. The van der Waals surface area contributed by atoms with Gasteiger partial charge in [-0.15, -0.1) is 0 Å². The van der Waals surface area contributed by atoms with Gasteiger partial charge in [-0.3, -0.25) is 74.0 Å². The molecule has 5 aromatic carbocycles. The van der Waals surface area contributed by atoms with Gasteiger partial charge in [-0.25, -0.2) is 24.0 Å². The Morgan fingerprint density at radius 3 is 0.939 bits per heavy atom. The average Bonchev–Trinajstić information content (AvgIpc) is 1.64. The largest absolute Gasteiger partial charge is 1.00 e. The van der Waals surface area contributed by atoms with E-state index in [1.165, 1.54) is 36.2 Å². The number of methoxy groups -OCH3 is 3. The molecule has 3 aliphatic rings. The number of carbonyl (C=O) groups is 12. The van der Waals surface area contributed by atoms with Crippen LogP contribution in [0.1, 0.15) is 135 Å². The zero-order valence-electron chi connectivity index (χ0n) is 66.4. The summed E-state index contributed by atoms with van der Waals surface area (Å²) in [5.41, 5.74) is -4.91. The molecule has 3 heterocycles. The minimum atomic E-state index is -1.46. The van der Waals surface area contributed by atoms with Crippen LogP contribution in [0.3, 0.4) is 0 Å². The first kappa shape index (κ1) is 103. The number of likely N-dealkylation sites (tertiary alicyclic amines) is 3. The molecule has 115 heavy (non-hydrogen) atoms. The molecule has 5 aromatic rings. The van der Waals surface area contributed by atoms with Crippen LogP contribution in [0.2, 0.25) is 0 Å². The molecule has 3 amide bonds. The van der Waals surface area contributed by atoms with E-state index in [1.54, 1.807) is 141 Å². The number of aromatic carboxylic acids is 1. The maximum absolute atomic E-state index is 13.4. The van der Waals surface area contributed by atoms with Crippen molar-refractivity contribution < 1.29 is 245 Å². The number of aliphatic hydroxyl groups is 3. The van der Waals surface area contributed by atoms with Crippen LogP contribution in [0.25, 0.3) is 0 Å². The molecule has 614 valence electrons. The molecule has 0 aliphatic carbocycles. The number of benzene rings is 5. The van der Waals surface area contributed by atoms with Crippen molar-refractivity contribution in [1.82, 2.24) is 14.7 Å². The molecule has 42 heteroatoms. The maximum atomic E-state index is 13.4. The van der Waals surface area contributed by atoms with Crippen molar-refractivity contribution in [2.45, 2.75) is 135 Å². The number of aliphatic hydroxyl groups excluding tert-OH is 3. The van der Waals surface area contributed by atoms with Gasteiger partial charge in [0.15, 0.2) is 0 Å². The fourth-order valence-corrected chi connectivity index (χ4v) is 11.4. The number of hydrogen-bond donors (Lipinski definition) is 4. The van der Waals surface area contributed by atoms with Crippen LogP contribution >= 0.6 is 0 Å². The second-order valence-corrected chi connectivity index (χ2v) is 27.3. The number of ether oxygens (including phenoxy) is 7. The molecular formula is C73H87K2N7O33. The second-order valence-electron chi connectivity index (χ2n) is 27.3. The molecule has 40 nitrogen and oxygen atoms in total. The molecule has 3 fully saturated rings. The quantitative estimate of drug-likeness (QED) is 0.0141. The number of nitrogens with zero attached hydrogens (tertiary/aromatic N) is 7. The first-order valence-electron chi connectivity index (χ1n) is 33.6. The molecule has 0 saturated carbocycles. The van der Waals surface area contributed by atoms with Crippen molar-refractivity contribution in [3.63, 3.8) is 0 Å². The first-order valence-corrected chi connectivity index (χ1v) is 33.6. The number of carboxylic acid groups (broad SMARTS) is 1. The van der Waals surface area contributed by atoms with Crippen LogP contribution in [0.15, 0.2) is 127 Å². The maximum Gasteiger partial charge on any atom is 1.00 e. The molecule has 0 spiro atoms. The van der Waals surface area contributed by atoms with Crippen molar-refractivity contribution >= 4 is 94.7 Å². The smallest absolute Gasteiger partial charge is 1.00 e. The topological polar surface area (TPSA) is 565 Å². The minimum absolute atomic E-state index is 0. The van der Waals surface area contributed by atoms with E-state index in [0.717, 1.165) is 43.4 Å². The fraction of sp³-hybridized carbons (Fsp3) is 0.425. The fourth-order valence-electron chi connectivity index (χ4n) is 11.4. The Balaban J connectivity index is 0.00000154. The van der Waals surface area contributed by atoms with Gasteiger partial charge in [-0.2, -0.15) is 0 Å². The predicted molar refractivity (Wildman–Crippen MR) is 386 cm³/mol. The second kappa shape index (κ2) is 48.1. The number of rotatable bonds is 20. The van der Waals surface area contributed by atoms with Crippen LogP contribution in [0, 0.1) is 58.2 Å². The monoisotopic (exact) mass is 1670 g/mol. The number of carboxylic acids is 1. The van der Waals surface area contributed by atoms with Crippen molar-refractivity contribution in [2.75, 3.05) is 48.1 Å². The molecular weight excluding hydrogens is 1580 g/mol. The number of amides is 3. The Hall–Kier alpha value is -9.55. The number of nitro benzene ring substituents is 4. The van der Waals surface area contributed by atoms with Crippen LogP contribution < -0.4 is 108 Å². The third-order valence-corrected chi connectivity index (χ3v) is 15.9. The van der Waals surface area contributed by atoms with E-state index in [9.17, 15) is 103 Å². The van der Waals surface area contributed by atoms with Gasteiger partial charge in [0.1, 0.15) is 41.0 Å². The summed E-state index contributed by atoms with van der Waals surface area (Å²) in [6, 6.07) is 25.9. The van der Waals surface area contributed by atoms with E-state index in [2.05, 4.69) is 4.89 Å². The van der Waals surface area contributed by atoms with Gasteiger partial charge < -0.3 is 79.9 Å². The zero-order chi connectivity index (χ0) is 85.7. The summed E-state index contributed by atoms with van der Waals surface area (Å²) in [7, 11) is 4.52. The predicted octanol–water partition coefficient (Wildman–Crippen LogP) is -0.775. The molecule has 8 rings (SSSR count). The number of carbonyl (C=O) groups excluding carboxylic acids is 11. The van der Waals surface area contributed by atoms with Crippen molar-refractivity contribution in [3.8, 4) is 0 Å². The van der Waals surface area contributed by atoms with Gasteiger partial charge in [0.25, 0.3) is 46.9 Å². The van der Waals surface area contributed by atoms with E-state index in [4.69, 9.17) is 53.4 Å². The van der Waals surface area contributed by atoms with Crippen LogP contribution in [-0.4, -0.2) is 228 Å². The van der Waals surface area contributed by atoms with E-state index >= 15 is 0 Å². The SMILES string of the molecule is CO.COC(=O)[C@@H]1[C@@H](CC(=O)OC(C)(C)C)[C@@H](O)CN1C(=O)c1ccccc1.COC(=O)[C@@H]1[C@@H](CC(=O)OC(C)(C)C)[C@@H](OC(=O)c2cc([N+](=O)[O-])cc([N+](=O)[O-])c2)CN1C(=O)c1ccccc1.COC(=O)[C@@H]1[C@@H](CC(=O)OC(C)(C)C)[C@H](O)CN1C(=O)c1ccccc1.O=C(O)c1cc([N+](=O)[O-])cc([N+](=O)[O-])c1.O=CO[O-].[H-].[K+].[K+]. The Bertz CT molecular complexity index is 4010. The molecule has 0 radical (unpaired) electrons. The van der Waals surface area contributed by atoms with Gasteiger partial charge in [-0.05, 0) is 98.7 Å². The number of nitro groups is 4. The van der Waals surface area contributed by atoms with Gasteiger partial charge in [-0.1, -0.05) is 54.6 Å². The van der Waals surface area contributed by atoms with E-state index < -0.39 is 196 Å². The molecule has 4 N–H and O–H groups in total. The summed E-state index contributed by atoms with van der Waals surface area (Å²) in [6.45, 7) is 14.7. The van der Waals surface area contributed by atoms with Gasteiger partial charge >= 0.3 is 151 Å². The minimum Gasteiger partial charge on any atom is -1.00 e. The summed E-state index contributed by atoms with van der Waals surface area (Å²) < 4.78 is 36.0. The number of esters is 7. The van der Waals surface area contributed by atoms with Gasteiger partial charge in [0, 0.05) is 78.9 Å². The summed E-state index contributed by atoms with van der Waals surface area (Å²) in [6.07, 6.45) is -4.16. The third-order valence-electron chi connectivity index (χ3n) is 15.9. The Morgan fingerprint density at radius 2 is 0.696 bits per heavy atom.